The Bertz CT molecular complexity index is 1270. The molecule has 62 heavy (non-hydrogen) atoms. The summed E-state index contributed by atoms with van der Waals surface area (Å²) in [5.74, 6) is -1.61. The van der Waals surface area contributed by atoms with Crippen LogP contribution in [0.15, 0.2) is 97.2 Å². The van der Waals surface area contributed by atoms with E-state index in [0.717, 1.165) is 70.6 Å². The number of aliphatic hydroxyl groups is 1. The Kier molecular flexibility index (Phi) is 43.3. The minimum Gasteiger partial charge on any atom is -0.477 e. The van der Waals surface area contributed by atoms with Crippen LogP contribution in [0.4, 0.5) is 0 Å². The van der Waals surface area contributed by atoms with Crippen molar-refractivity contribution in [2.45, 2.75) is 186 Å². The Morgan fingerprint density at radius 2 is 0.839 bits per heavy atom. The van der Waals surface area contributed by atoms with Crippen molar-refractivity contribution in [3.63, 3.8) is 0 Å². The lowest BCUT2D eigenvalue weighted by Crippen LogP contribution is -2.40. The maximum absolute atomic E-state index is 12.0. The topological polar surface area (TPSA) is 102 Å². The van der Waals surface area contributed by atoms with Crippen molar-refractivity contribution < 1.29 is 38.5 Å². The third kappa shape index (κ3) is 47.7. The fraction of sp³-hybridized carbons (Fsp3) is 0.667. The Balaban J connectivity index is 3.49. The van der Waals surface area contributed by atoms with Crippen molar-refractivity contribution >= 4 is 11.9 Å². The van der Waals surface area contributed by atoms with Crippen LogP contribution >= 0.6 is 0 Å². The van der Waals surface area contributed by atoms with E-state index in [1.54, 1.807) is 0 Å². The molecule has 0 heterocycles. The first-order chi connectivity index (χ1) is 30.2. The molecule has 0 aromatic heterocycles. The quantitative estimate of drug-likeness (QED) is 0.0207. The summed E-state index contributed by atoms with van der Waals surface area (Å²) in [6, 6.07) is 0. The number of esters is 1. The van der Waals surface area contributed by atoms with Gasteiger partial charge in [0.15, 0.2) is 0 Å². The van der Waals surface area contributed by atoms with E-state index in [-0.39, 0.29) is 25.8 Å². The van der Waals surface area contributed by atoms with Gasteiger partial charge in [-0.05, 0) is 70.6 Å². The molecule has 0 aliphatic carbocycles. The second-order valence-corrected chi connectivity index (χ2v) is 17.2. The summed E-state index contributed by atoms with van der Waals surface area (Å²) >= 11 is 0. The van der Waals surface area contributed by atoms with Crippen molar-refractivity contribution in [3.8, 4) is 0 Å². The van der Waals surface area contributed by atoms with Gasteiger partial charge in [0.1, 0.15) is 19.3 Å². The molecule has 0 fully saturated rings. The zero-order valence-electron chi connectivity index (χ0n) is 40.0. The van der Waals surface area contributed by atoms with Gasteiger partial charge in [-0.1, -0.05) is 194 Å². The Labute approximate surface area is 380 Å². The summed E-state index contributed by atoms with van der Waals surface area (Å²) < 4.78 is 16.2. The summed E-state index contributed by atoms with van der Waals surface area (Å²) in [4.78, 5) is 23.4. The SMILES string of the molecule is CC/C=C\C/C=C\C/C=C\C/C=C\C/C=C\C/C=C\C/C=C\C/C=C\CCCCCCCCCCCCCCCCCCC(=O)OCC(O)COC(OCC[N+](C)(C)C)C(=O)O. The number of carboxylic acid groups (broad SMARTS) is 1. The van der Waals surface area contributed by atoms with Crippen LogP contribution in [0.2, 0.25) is 0 Å². The summed E-state index contributed by atoms with van der Waals surface area (Å²) in [7, 11) is 5.92. The van der Waals surface area contributed by atoms with Crippen molar-refractivity contribution in [2.75, 3.05) is 47.5 Å². The third-order valence-electron chi connectivity index (χ3n) is 10.1. The third-order valence-corrected chi connectivity index (χ3v) is 10.1. The van der Waals surface area contributed by atoms with Gasteiger partial charge in [-0.15, -0.1) is 0 Å². The molecule has 0 radical (unpaired) electrons. The van der Waals surface area contributed by atoms with E-state index in [9.17, 15) is 19.8 Å². The van der Waals surface area contributed by atoms with Crippen LogP contribution < -0.4 is 0 Å². The molecular formula is C54H92NO7+. The molecular weight excluding hydrogens is 775 g/mol. The molecule has 0 aliphatic heterocycles. The maximum Gasteiger partial charge on any atom is 0.361 e. The number of likely N-dealkylation sites (N-methyl/N-ethyl adjacent to an activating group) is 1. The average molecular weight is 867 g/mol. The Morgan fingerprint density at radius 1 is 0.484 bits per heavy atom. The number of aliphatic hydroxyl groups excluding tert-OH is 1. The van der Waals surface area contributed by atoms with E-state index in [0.29, 0.717) is 17.4 Å². The molecule has 0 saturated heterocycles. The minimum absolute atomic E-state index is 0.208. The van der Waals surface area contributed by atoms with Gasteiger partial charge < -0.3 is 28.9 Å². The van der Waals surface area contributed by atoms with Gasteiger partial charge in [0, 0.05) is 6.42 Å². The van der Waals surface area contributed by atoms with Crippen LogP contribution in [0.3, 0.4) is 0 Å². The molecule has 0 aromatic rings. The summed E-state index contributed by atoms with van der Waals surface area (Å²) in [6.07, 6.45) is 63.4. The van der Waals surface area contributed by atoms with Gasteiger partial charge in [0.05, 0.1) is 34.4 Å². The van der Waals surface area contributed by atoms with Crippen LogP contribution in [0.1, 0.15) is 174 Å². The number of rotatable bonds is 44. The van der Waals surface area contributed by atoms with Gasteiger partial charge in [-0.25, -0.2) is 4.79 Å². The monoisotopic (exact) mass is 867 g/mol. The molecule has 0 spiro atoms. The number of unbranched alkanes of at least 4 members (excludes halogenated alkanes) is 16. The highest BCUT2D eigenvalue weighted by atomic mass is 16.7. The van der Waals surface area contributed by atoms with Crippen molar-refractivity contribution in [2.24, 2.45) is 0 Å². The van der Waals surface area contributed by atoms with E-state index < -0.39 is 18.4 Å². The molecule has 0 aliphatic rings. The van der Waals surface area contributed by atoms with Gasteiger partial charge in [-0.3, -0.25) is 4.79 Å². The lowest BCUT2D eigenvalue weighted by atomic mass is 10.0. The number of aliphatic carboxylic acids is 1. The first kappa shape index (κ1) is 58.7. The Morgan fingerprint density at radius 3 is 1.21 bits per heavy atom. The minimum atomic E-state index is -1.47. The lowest BCUT2D eigenvalue weighted by Gasteiger charge is -2.24. The standard InChI is InChI=1S/C54H91NO7/c1-5-6-7-8-9-10-11-12-13-14-15-16-17-18-19-20-21-22-23-24-25-26-27-28-29-30-31-32-33-34-35-36-37-38-39-40-41-42-43-44-45-46-52(57)61-49-51(56)50-62-54(53(58)59)60-48-47-55(2,3)4/h6-7,9-10,12-13,15-16,18-19,21-22,24-25,27-28,51,54,56H,5,8,11,14,17,20,23,26,29-50H2,1-4H3/p+1/b7-6-,10-9-,13-12-,16-15-,19-18-,22-21-,25-24-,28-27-. The molecule has 8 heteroatoms. The normalized spacial score (nSPS) is 13.9. The van der Waals surface area contributed by atoms with Crippen molar-refractivity contribution in [3.05, 3.63) is 97.2 Å². The van der Waals surface area contributed by atoms with E-state index >= 15 is 0 Å². The van der Waals surface area contributed by atoms with Gasteiger partial charge in [-0.2, -0.15) is 0 Å². The highest BCUT2D eigenvalue weighted by molar-refractivity contribution is 5.70. The number of hydrogen-bond acceptors (Lipinski definition) is 6. The van der Waals surface area contributed by atoms with E-state index in [4.69, 9.17) is 14.2 Å². The molecule has 2 unspecified atom stereocenters. The predicted molar refractivity (Wildman–Crippen MR) is 262 cm³/mol. The molecule has 0 saturated carbocycles. The number of carbonyl (C=O) groups excluding carboxylic acids is 1. The number of nitrogens with zero attached hydrogens (tertiary/aromatic N) is 1. The summed E-state index contributed by atoms with van der Waals surface area (Å²) in [5.41, 5.74) is 0. The molecule has 354 valence electrons. The lowest BCUT2D eigenvalue weighted by molar-refractivity contribution is -0.870. The smallest absolute Gasteiger partial charge is 0.361 e. The van der Waals surface area contributed by atoms with Crippen LogP contribution in [-0.4, -0.2) is 86.5 Å². The largest absolute Gasteiger partial charge is 0.477 e. The summed E-state index contributed by atoms with van der Waals surface area (Å²) in [5, 5.41) is 19.3. The number of allylic oxidation sites excluding steroid dienone is 16. The average Bonchev–Trinajstić information content (AvgIpc) is 3.24. The number of hydrogen-bond donors (Lipinski definition) is 2. The van der Waals surface area contributed by atoms with Crippen LogP contribution in [0.25, 0.3) is 0 Å². The second-order valence-electron chi connectivity index (χ2n) is 17.2. The van der Waals surface area contributed by atoms with E-state index in [1.807, 2.05) is 21.1 Å². The van der Waals surface area contributed by atoms with Crippen LogP contribution in [-0.2, 0) is 23.8 Å². The number of quaternary nitrogens is 1. The van der Waals surface area contributed by atoms with Gasteiger partial charge >= 0.3 is 11.9 Å². The highest BCUT2D eigenvalue weighted by Crippen LogP contribution is 2.15. The van der Waals surface area contributed by atoms with Gasteiger partial charge in [0.2, 0.25) is 0 Å². The van der Waals surface area contributed by atoms with Crippen LogP contribution in [0, 0.1) is 0 Å². The Hall–Kier alpha value is -3.30. The molecule has 0 amide bonds. The van der Waals surface area contributed by atoms with E-state index in [1.165, 1.54) is 89.9 Å². The number of carbonyl (C=O) groups is 2. The van der Waals surface area contributed by atoms with Crippen molar-refractivity contribution in [1.29, 1.82) is 0 Å². The number of ether oxygens (including phenoxy) is 3. The molecule has 8 nitrogen and oxygen atoms in total. The number of carboxylic acids is 1. The van der Waals surface area contributed by atoms with Crippen LogP contribution in [0.5, 0.6) is 0 Å². The summed E-state index contributed by atoms with van der Waals surface area (Å²) in [6.45, 7) is 2.47. The predicted octanol–water partition coefficient (Wildman–Crippen LogP) is 13.7. The zero-order valence-corrected chi connectivity index (χ0v) is 40.0. The maximum atomic E-state index is 12.0. The molecule has 2 N–H and O–H groups in total. The van der Waals surface area contributed by atoms with Crippen molar-refractivity contribution in [1.82, 2.24) is 0 Å². The zero-order chi connectivity index (χ0) is 45.5. The molecule has 0 aromatic carbocycles. The first-order valence-electron chi connectivity index (χ1n) is 24.5. The fourth-order valence-corrected chi connectivity index (χ4v) is 6.32. The first-order valence-corrected chi connectivity index (χ1v) is 24.5. The molecule has 2 atom stereocenters. The van der Waals surface area contributed by atoms with E-state index in [2.05, 4.69) is 104 Å². The second kappa shape index (κ2) is 45.7. The molecule has 0 rings (SSSR count). The highest BCUT2D eigenvalue weighted by Gasteiger charge is 2.22. The molecule has 0 bridgehead atoms. The fourth-order valence-electron chi connectivity index (χ4n) is 6.32. The van der Waals surface area contributed by atoms with Gasteiger partial charge in [0.25, 0.3) is 6.29 Å².